The number of hydrogen-bond donors (Lipinski definition) is 4. The molecule has 1 aliphatic carbocycles. The van der Waals surface area contributed by atoms with Gasteiger partial charge >= 0.3 is 11.9 Å². The Morgan fingerprint density at radius 1 is 1.05 bits per heavy atom. The van der Waals surface area contributed by atoms with Gasteiger partial charge in [0.15, 0.2) is 11.9 Å². The highest BCUT2D eigenvalue weighted by Gasteiger charge is 2.69. The molecule has 5 aliphatic rings. The number of rotatable bonds is 11. The van der Waals surface area contributed by atoms with Gasteiger partial charge in [-0.25, -0.2) is 14.6 Å². The quantitative estimate of drug-likeness (QED) is 0.125. The van der Waals surface area contributed by atoms with Crippen LogP contribution in [-0.4, -0.2) is 71.2 Å². The minimum atomic E-state index is -1.16. The van der Waals surface area contributed by atoms with E-state index in [4.69, 9.17) is 29.1 Å². The molecule has 2 bridgehead atoms. The van der Waals surface area contributed by atoms with E-state index in [0.29, 0.717) is 18.8 Å². The van der Waals surface area contributed by atoms with Gasteiger partial charge in [0.1, 0.15) is 6.04 Å². The number of fused-ring (bicyclic) bond motifs is 2. The zero-order valence-electron chi connectivity index (χ0n) is 22.7. The summed E-state index contributed by atoms with van der Waals surface area (Å²) in [6.45, 7) is 6.26. The lowest BCUT2D eigenvalue weighted by atomic mass is 9.58. The number of ether oxygens (including phenoxy) is 3. The van der Waals surface area contributed by atoms with Gasteiger partial charge in [0, 0.05) is 43.4 Å². The van der Waals surface area contributed by atoms with E-state index >= 15 is 0 Å². The summed E-state index contributed by atoms with van der Waals surface area (Å²) in [5.41, 5.74) is -0.742. The van der Waals surface area contributed by atoms with Gasteiger partial charge in [-0.15, -0.1) is 0 Å². The first-order valence-corrected chi connectivity index (χ1v) is 14.4. The number of carbonyl (C=O) groups is 4. The summed E-state index contributed by atoms with van der Waals surface area (Å²) in [6.07, 6.45) is 2.13. The van der Waals surface area contributed by atoms with Crippen molar-refractivity contribution in [1.29, 1.82) is 0 Å². The molecule has 39 heavy (non-hydrogen) atoms. The number of carbonyl (C=O) groups excluding carboxylic acids is 3. The highest BCUT2D eigenvalue weighted by Crippen LogP contribution is 2.60. The molecule has 4 saturated heterocycles. The van der Waals surface area contributed by atoms with Crippen molar-refractivity contribution >= 4 is 36.4 Å². The molecule has 9 atom stereocenters. The van der Waals surface area contributed by atoms with E-state index in [2.05, 4.69) is 30.2 Å². The first kappa shape index (κ1) is 30.0. The maximum absolute atomic E-state index is 12.7. The Morgan fingerprint density at radius 3 is 2.54 bits per heavy atom. The Bertz CT molecular complexity index is 952. The Kier molecular flexibility index (Phi) is 9.47. The molecule has 1 saturated carbocycles. The van der Waals surface area contributed by atoms with E-state index < -0.39 is 47.9 Å². The monoisotopic (exact) mass is 572 g/mol. The molecule has 1 spiro atoms. The molecular formula is C26H40N2O10S. The number of carboxylic acids is 1. The van der Waals surface area contributed by atoms with Crippen LogP contribution in [0.2, 0.25) is 0 Å². The second-order valence-corrected chi connectivity index (χ2v) is 11.7. The summed E-state index contributed by atoms with van der Waals surface area (Å²) in [4.78, 5) is 59.5. The summed E-state index contributed by atoms with van der Waals surface area (Å²) in [5.74, 6) is -2.93. The highest BCUT2D eigenvalue weighted by molar-refractivity contribution is 7.80. The summed E-state index contributed by atoms with van der Waals surface area (Å²) in [6, 6.07) is -1.06. The van der Waals surface area contributed by atoms with Crippen molar-refractivity contribution in [3.63, 3.8) is 0 Å². The third-order valence-electron chi connectivity index (χ3n) is 8.62. The molecule has 4 heterocycles. The lowest BCUT2D eigenvalue weighted by Gasteiger charge is -2.59. The first-order chi connectivity index (χ1) is 18.5. The van der Waals surface area contributed by atoms with Gasteiger partial charge < -0.3 is 30.0 Å². The fourth-order valence-electron chi connectivity index (χ4n) is 6.43. The number of amides is 2. The zero-order chi connectivity index (χ0) is 28.4. The predicted octanol–water partition coefficient (Wildman–Crippen LogP) is 1.91. The Morgan fingerprint density at radius 2 is 1.82 bits per heavy atom. The van der Waals surface area contributed by atoms with Crippen LogP contribution in [0.4, 0.5) is 0 Å². The first-order valence-electron chi connectivity index (χ1n) is 13.8. The zero-order valence-corrected chi connectivity index (χ0v) is 23.6. The van der Waals surface area contributed by atoms with Crippen LogP contribution in [0.3, 0.4) is 0 Å². The summed E-state index contributed by atoms with van der Waals surface area (Å²) >= 11 is 3.89. The smallest absolute Gasteiger partial charge is 0.327 e. The average Bonchev–Trinajstić information content (AvgIpc) is 3.12. The number of nitrogens with one attached hydrogen (secondary N) is 2. The number of aliphatic carboxylic acids is 1. The van der Waals surface area contributed by atoms with Crippen LogP contribution in [-0.2, 0) is 43.2 Å². The van der Waals surface area contributed by atoms with Crippen molar-refractivity contribution in [2.45, 2.75) is 102 Å². The van der Waals surface area contributed by atoms with Gasteiger partial charge in [-0.1, -0.05) is 13.8 Å². The fourth-order valence-corrected chi connectivity index (χ4v) is 6.68. The Balaban J connectivity index is 1.23. The molecule has 4 aliphatic heterocycles. The van der Waals surface area contributed by atoms with Crippen LogP contribution >= 0.6 is 12.6 Å². The van der Waals surface area contributed by atoms with Gasteiger partial charge in [0.25, 0.3) is 0 Å². The molecule has 0 radical (unpaired) electrons. The van der Waals surface area contributed by atoms with Crippen molar-refractivity contribution in [2.75, 3.05) is 12.3 Å². The Labute approximate surface area is 233 Å². The Hall–Kier alpha value is -1.93. The lowest BCUT2D eigenvalue weighted by Crippen LogP contribution is -2.70. The van der Waals surface area contributed by atoms with Gasteiger partial charge in [-0.2, -0.15) is 12.6 Å². The molecule has 2 amide bonds. The van der Waals surface area contributed by atoms with Crippen molar-refractivity contribution in [1.82, 2.24) is 10.6 Å². The predicted molar refractivity (Wildman–Crippen MR) is 138 cm³/mol. The normalized spacial score (nSPS) is 37.6. The van der Waals surface area contributed by atoms with Crippen LogP contribution in [0.15, 0.2) is 0 Å². The molecule has 0 aromatic rings. The third kappa shape index (κ3) is 6.37. The van der Waals surface area contributed by atoms with E-state index in [9.17, 15) is 19.2 Å². The molecule has 5 rings (SSSR count). The fraction of sp³-hybridized carbons (Fsp3) is 0.846. The molecule has 5 fully saturated rings. The topological polar surface area (TPSA) is 159 Å². The highest BCUT2D eigenvalue weighted by atomic mass is 32.1. The summed E-state index contributed by atoms with van der Waals surface area (Å²) in [5, 5.41) is 14.0. The van der Waals surface area contributed by atoms with Gasteiger partial charge in [0.2, 0.25) is 23.9 Å². The van der Waals surface area contributed by atoms with Crippen LogP contribution < -0.4 is 10.6 Å². The third-order valence-corrected chi connectivity index (χ3v) is 8.98. The molecule has 220 valence electrons. The maximum Gasteiger partial charge on any atom is 0.327 e. The minimum Gasteiger partial charge on any atom is -0.480 e. The summed E-state index contributed by atoms with van der Waals surface area (Å²) in [7, 11) is 0. The maximum atomic E-state index is 12.7. The number of thiol groups is 1. The van der Waals surface area contributed by atoms with Crippen LogP contribution in [0.1, 0.15) is 72.1 Å². The molecule has 0 aromatic heterocycles. The standard InChI is InChI=1S/C26H40N2O10S/c1-14-6-7-17-15(2)23(35-24-26(17)16(14)10-11-25(3,36-24)37-38-26)34-21(31)9-8-19(29)27-12-4-5-20(30)28-18(13-39)22(32)33/h14-18,23-24,39H,4-13H2,1-3H3,(H,27,29)(H,28,30)(H,32,33)/t14-,15+,16+,17+,18+,23-,24+,25-,26-/m1/s1. The second-order valence-electron chi connectivity index (χ2n) is 11.4. The van der Waals surface area contributed by atoms with Gasteiger partial charge in [-0.3, -0.25) is 14.4 Å². The van der Waals surface area contributed by atoms with Crippen LogP contribution in [0.25, 0.3) is 0 Å². The van der Waals surface area contributed by atoms with E-state index in [1.54, 1.807) is 0 Å². The molecule has 3 N–H and O–H groups in total. The minimum absolute atomic E-state index is 0.0188. The average molecular weight is 573 g/mol. The SMILES string of the molecule is C[C@@H]1[C@H](OC(=O)CCC(=O)NCCCC(=O)N[C@@H](CS)C(=O)O)O[C@H]2O[C@@]3(C)CC[C@H]4[C@H](C)CC[C@@H]1[C@@]24OO3. The largest absolute Gasteiger partial charge is 0.480 e. The van der Waals surface area contributed by atoms with Crippen molar-refractivity contribution in [3.05, 3.63) is 0 Å². The molecule has 12 nitrogen and oxygen atoms in total. The van der Waals surface area contributed by atoms with Crippen molar-refractivity contribution in [3.8, 4) is 0 Å². The molecule has 0 aromatic carbocycles. The van der Waals surface area contributed by atoms with Crippen molar-refractivity contribution < 1.29 is 48.3 Å². The van der Waals surface area contributed by atoms with E-state index in [-0.39, 0.29) is 55.2 Å². The summed E-state index contributed by atoms with van der Waals surface area (Å²) < 4.78 is 18.2. The lowest BCUT2D eigenvalue weighted by molar-refractivity contribution is -0.576. The van der Waals surface area contributed by atoms with Crippen LogP contribution in [0, 0.1) is 23.7 Å². The van der Waals surface area contributed by atoms with Gasteiger partial charge in [0.05, 0.1) is 6.42 Å². The molecule has 13 heteroatoms. The van der Waals surface area contributed by atoms with Crippen LogP contribution in [0.5, 0.6) is 0 Å². The van der Waals surface area contributed by atoms with E-state index in [1.807, 2.05) is 13.8 Å². The van der Waals surface area contributed by atoms with Crippen molar-refractivity contribution in [2.24, 2.45) is 23.7 Å². The number of esters is 1. The molecule has 0 unspecified atom stereocenters. The number of carboxylic acid groups (broad SMARTS) is 1. The van der Waals surface area contributed by atoms with Gasteiger partial charge in [-0.05, 0) is 44.4 Å². The molecular weight excluding hydrogens is 532 g/mol. The number of hydrogen-bond acceptors (Lipinski definition) is 10. The second kappa shape index (κ2) is 12.3. The van der Waals surface area contributed by atoms with E-state index in [0.717, 1.165) is 19.3 Å². The van der Waals surface area contributed by atoms with E-state index in [1.165, 1.54) is 0 Å².